The quantitative estimate of drug-likeness (QED) is 0.391. The summed E-state index contributed by atoms with van der Waals surface area (Å²) in [5.41, 5.74) is 4.97. The van der Waals surface area contributed by atoms with Crippen molar-refractivity contribution in [3.8, 4) is 0 Å². The third kappa shape index (κ3) is 5.37. The lowest BCUT2D eigenvalue weighted by Crippen LogP contribution is -2.45. The molecule has 1 aliphatic rings. The minimum atomic E-state index is 0. The molecule has 1 fully saturated rings. The van der Waals surface area contributed by atoms with Crippen molar-refractivity contribution in [3.05, 3.63) is 47.3 Å². The van der Waals surface area contributed by atoms with Gasteiger partial charge in [-0.3, -0.25) is 9.67 Å². The van der Waals surface area contributed by atoms with Gasteiger partial charge in [0.25, 0.3) is 0 Å². The van der Waals surface area contributed by atoms with E-state index in [2.05, 4.69) is 69.8 Å². The van der Waals surface area contributed by atoms with Crippen LogP contribution in [0.3, 0.4) is 0 Å². The molecule has 0 spiro atoms. The summed E-state index contributed by atoms with van der Waals surface area (Å²) in [5, 5.41) is 11.5. The van der Waals surface area contributed by atoms with Gasteiger partial charge in [0.1, 0.15) is 0 Å². The minimum absolute atomic E-state index is 0. The monoisotopic (exact) mass is 482 g/mol. The number of nitrogens with one attached hydrogen (secondary N) is 2. The van der Waals surface area contributed by atoms with E-state index in [0.717, 1.165) is 44.1 Å². The van der Waals surface area contributed by atoms with E-state index in [1.54, 1.807) is 0 Å². The standard InChI is InChI=1S/C20H30N6.HI/c1-15-19(16(2)25(4)24-15)10-12-22-20(21-3)23-17-11-13-26(14-17)18-8-6-5-7-9-18;/h5-9,17H,10-14H2,1-4H3,(H2,21,22,23);1H. The largest absolute Gasteiger partial charge is 0.369 e. The van der Waals surface area contributed by atoms with Crippen molar-refractivity contribution in [3.63, 3.8) is 0 Å². The van der Waals surface area contributed by atoms with Crippen LogP contribution in [-0.2, 0) is 13.5 Å². The molecule has 1 unspecified atom stereocenters. The molecule has 27 heavy (non-hydrogen) atoms. The number of benzene rings is 1. The number of halogens is 1. The van der Waals surface area contributed by atoms with E-state index in [4.69, 9.17) is 0 Å². The van der Waals surface area contributed by atoms with Gasteiger partial charge in [0, 0.05) is 51.2 Å². The van der Waals surface area contributed by atoms with Crippen LogP contribution in [0.4, 0.5) is 5.69 Å². The summed E-state index contributed by atoms with van der Waals surface area (Å²) in [6, 6.07) is 11.0. The molecule has 0 amide bonds. The summed E-state index contributed by atoms with van der Waals surface area (Å²) >= 11 is 0. The topological polar surface area (TPSA) is 57.5 Å². The zero-order chi connectivity index (χ0) is 18.5. The van der Waals surface area contributed by atoms with E-state index < -0.39 is 0 Å². The van der Waals surface area contributed by atoms with Gasteiger partial charge < -0.3 is 15.5 Å². The lowest BCUT2D eigenvalue weighted by atomic mass is 10.1. The fourth-order valence-electron chi connectivity index (χ4n) is 3.62. The van der Waals surface area contributed by atoms with Gasteiger partial charge in [0.05, 0.1) is 5.69 Å². The molecule has 0 saturated carbocycles. The van der Waals surface area contributed by atoms with Gasteiger partial charge in [-0.05, 0) is 44.4 Å². The summed E-state index contributed by atoms with van der Waals surface area (Å²) < 4.78 is 1.95. The number of anilines is 1. The molecule has 0 aliphatic carbocycles. The number of aryl methyl sites for hydroxylation is 2. The zero-order valence-corrected chi connectivity index (χ0v) is 19.0. The van der Waals surface area contributed by atoms with Crippen LogP contribution in [0.1, 0.15) is 23.4 Å². The van der Waals surface area contributed by atoms with Crippen molar-refractivity contribution in [1.29, 1.82) is 0 Å². The lowest BCUT2D eigenvalue weighted by Gasteiger charge is -2.20. The molecule has 1 aromatic carbocycles. The molecule has 1 atom stereocenters. The molecule has 6 nitrogen and oxygen atoms in total. The number of para-hydroxylation sites is 1. The number of guanidine groups is 1. The Balaban J connectivity index is 0.00000261. The average Bonchev–Trinajstić information content (AvgIpc) is 3.21. The normalized spacial score (nSPS) is 17.0. The van der Waals surface area contributed by atoms with E-state index in [0.29, 0.717) is 6.04 Å². The van der Waals surface area contributed by atoms with E-state index in [9.17, 15) is 0 Å². The van der Waals surface area contributed by atoms with Crippen molar-refractivity contribution in [2.24, 2.45) is 12.0 Å². The Morgan fingerprint density at radius 1 is 1.26 bits per heavy atom. The first-order valence-electron chi connectivity index (χ1n) is 9.34. The van der Waals surface area contributed by atoms with Gasteiger partial charge in [-0.25, -0.2) is 0 Å². The Kier molecular flexibility index (Phi) is 7.94. The predicted octanol–water partition coefficient (Wildman–Crippen LogP) is 2.64. The maximum atomic E-state index is 4.49. The van der Waals surface area contributed by atoms with Crippen molar-refractivity contribution < 1.29 is 0 Å². The molecule has 3 rings (SSSR count). The number of hydrogen-bond acceptors (Lipinski definition) is 3. The molecule has 0 radical (unpaired) electrons. The molecule has 7 heteroatoms. The highest BCUT2D eigenvalue weighted by Crippen LogP contribution is 2.19. The first-order chi connectivity index (χ1) is 12.6. The molecule has 1 aromatic heterocycles. The third-order valence-electron chi connectivity index (χ3n) is 5.20. The molecule has 1 aliphatic heterocycles. The highest BCUT2D eigenvalue weighted by atomic mass is 127. The number of nitrogens with zero attached hydrogens (tertiary/aromatic N) is 4. The van der Waals surface area contributed by atoms with Crippen molar-refractivity contribution in [1.82, 2.24) is 20.4 Å². The van der Waals surface area contributed by atoms with Gasteiger partial charge in [0.15, 0.2) is 5.96 Å². The highest BCUT2D eigenvalue weighted by molar-refractivity contribution is 14.0. The second-order valence-corrected chi connectivity index (χ2v) is 6.93. The van der Waals surface area contributed by atoms with Gasteiger partial charge in [-0.15, -0.1) is 24.0 Å². The van der Waals surface area contributed by atoms with Crippen LogP contribution in [0.5, 0.6) is 0 Å². The van der Waals surface area contributed by atoms with Crippen LogP contribution in [0.25, 0.3) is 0 Å². The van der Waals surface area contributed by atoms with E-state index in [-0.39, 0.29) is 24.0 Å². The van der Waals surface area contributed by atoms with Crippen molar-refractivity contribution >= 4 is 35.6 Å². The number of aliphatic imine (C=N–C) groups is 1. The lowest BCUT2D eigenvalue weighted by molar-refractivity contribution is 0.648. The third-order valence-corrected chi connectivity index (χ3v) is 5.20. The summed E-state index contributed by atoms with van der Waals surface area (Å²) in [4.78, 5) is 6.81. The Bertz CT molecular complexity index is 755. The van der Waals surface area contributed by atoms with Crippen LogP contribution in [0.15, 0.2) is 35.3 Å². The first kappa shape index (κ1) is 21.5. The van der Waals surface area contributed by atoms with Gasteiger partial charge in [0.2, 0.25) is 0 Å². The molecular weight excluding hydrogens is 451 g/mol. The van der Waals surface area contributed by atoms with Gasteiger partial charge in [-0.1, -0.05) is 18.2 Å². The van der Waals surface area contributed by atoms with Crippen LogP contribution in [0, 0.1) is 13.8 Å². The van der Waals surface area contributed by atoms with E-state index in [1.807, 2.05) is 18.8 Å². The number of aromatic nitrogens is 2. The predicted molar refractivity (Wildman–Crippen MR) is 123 cm³/mol. The van der Waals surface area contributed by atoms with Crippen LogP contribution >= 0.6 is 24.0 Å². The van der Waals surface area contributed by atoms with Crippen molar-refractivity contribution in [2.45, 2.75) is 32.7 Å². The maximum absolute atomic E-state index is 4.49. The molecule has 2 heterocycles. The Labute approximate surface area is 179 Å². The summed E-state index contributed by atoms with van der Waals surface area (Å²) in [6.45, 7) is 7.13. The van der Waals surface area contributed by atoms with E-state index in [1.165, 1.54) is 16.9 Å². The van der Waals surface area contributed by atoms with Crippen LogP contribution in [-0.4, -0.2) is 48.5 Å². The second-order valence-electron chi connectivity index (χ2n) is 6.93. The fraction of sp³-hybridized carbons (Fsp3) is 0.500. The van der Waals surface area contributed by atoms with Gasteiger partial charge >= 0.3 is 0 Å². The summed E-state index contributed by atoms with van der Waals surface area (Å²) in [6.07, 6.45) is 2.07. The van der Waals surface area contributed by atoms with Crippen molar-refractivity contribution in [2.75, 3.05) is 31.6 Å². The fourth-order valence-corrected chi connectivity index (χ4v) is 3.62. The smallest absolute Gasteiger partial charge is 0.191 e. The Hall–Kier alpha value is -1.77. The molecule has 2 aromatic rings. The highest BCUT2D eigenvalue weighted by Gasteiger charge is 2.23. The summed E-state index contributed by atoms with van der Waals surface area (Å²) in [5.74, 6) is 0.879. The summed E-state index contributed by atoms with van der Waals surface area (Å²) in [7, 11) is 3.83. The minimum Gasteiger partial charge on any atom is -0.369 e. The van der Waals surface area contributed by atoms with Crippen LogP contribution < -0.4 is 15.5 Å². The molecular formula is C20H31IN6. The first-order valence-corrected chi connectivity index (χ1v) is 9.34. The molecule has 0 bridgehead atoms. The molecule has 2 N–H and O–H groups in total. The van der Waals surface area contributed by atoms with Crippen LogP contribution in [0.2, 0.25) is 0 Å². The van der Waals surface area contributed by atoms with Gasteiger partial charge in [-0.2, -0.15) is 5.10 Å². The maximum Gasteiger partial charge on any atom is 0.191 e. The average molecular weight is 482 g/mol. The zero-order valence-electron chi connectivity index (χ0n) is 16.7. The molecule has 148 valence electrons. The number of rotatable bonds is 5. The number of hydrogen-bond donors (Lipinski definition) is 2. The Morgan fingerprint density at radius 2 is 2.00 bits per heavy atom. The Morgan fingerprint density at radius 3 is 2.63 bits per heavy atom. The SMILES string of the molecule is CN=C(NCCc1c(C)nn(C)c1C)NC1CCN(c2ccccc2)C1.I. The van der Waals surface area contributed by atoms with E-state index >= 15 is 0 Å². The second kappa shape index (κ2) is 9.96. The molecule has 1 saturated heterocycles.